The van der Waals surface area contributed by atoms with Crippen LogP contribution in [0, 0.1) is 6.92 Å². The number of anilines is 2. The summed E-state index contributed by atoms with van der Waals surface area (Å²) in [5.74, 6) is 0.447. The molecule has 1 N–H and O–H groups in total. The molecule has 0 radical (unpaired) electrons. The first-order chi connectivity index (χ1) is 14.1. The Morgan fingerprint density at radius 1 is 0.931 bits per heavy atom. The number of benzene rings is 1. The van der Waals surface area contributed by atoms with Gasteiger partial charge in [-0.2, -0.15) is 0 Å². The van der Waals surface area contributed by atoms with E-state index >= 15 is 0 Å². The molecule has 1 aromatic carbocycles. The summed E-state index contributed by atoms with van der Waals surface area (Å²) in [6.45, 7) is 3.84. The van der Waals surface area contributed by atoms with E-state index in [1.165, 1.54) is 24.2 Å². The highest BCUT2D eigenvalue weighted by Gasteiger charge is 2.26. The van der Waals surface area contributed by atoms with E-state index in [9.17, 15) is 9.59 Å². The number of hydrogen-bond donors (Lipinski definition) is 1. The number of rotatable bonds is 4. The number of hydrogen-bond acceptors (Lipinski definition) is 6. The summed E-state index contributed by atoms with van der Waals surface area (Å²) in [6, 6.07) is 11.2. The minimum absolute atomic E-state index is 0.142. The summed E-state index contributed by atoms with van der Waals surface area (Å²) in [4.78, 5) is 36.9. The molecule has 0 spiro atoms. The van der Waals surface area contributed by atoms with Gasteiger partial charge < -0.3 is 19.5 Å². The topological polar surface area (TPSA) is 91.6 Å². The van der Waals surface area contributed by atoms with Gasteiger partial charge in [-0.05, 0) is 31.2 Å². The maximum Gasteiger partial charge on any atom is 0.289 e. The Morgan fingerprint density at radius 3 is 2.14 bits per heavy atom. The van der Waals surface area contributed by atoms with E-state index in [1.807, 2.05) is 31.2 Å². The summed E-state index contributed by atoms with van der Waals surface area (Å²) in [7, 11) is 0. The fourth-order valence-electron chi connectivity index (χ4n) is 3.12. The molecule has 0 atom stereocenters. The molecule has 0 saturated carbocycles. The molecule has 3 heterocycles. The Labute approximate surface area is 168 Å². The normalized spacial score (nSPS) is 14.0. The third kappa shape index (κ3) is 4.26. The zero-order valence-electron chi connectivity index (χ0n) is 16.0. The van der Waals surface area contributed by atoms with Crippen LogP contribution in [0.5, 0.6) is 0 Å². The van der Waals surface area contributed by atoms with Crippen molar-refractivity contribution in [1.29, 1.82) is 0 Å². The van der Waals surface area contributed by atoms with E-state index in [0.717, 1.165) is 5.69 Å². The molecule has 1 saturated heterocycles. The number of furan rings is 1. The van der Waals surface area contributed by atoms with Gasteiger partial charge in [0, 0.05) is 44.3 Å². The fraction of sp³-hybridized carbons (Fsp3) is 0.238. The quantitative estimate of drug-likeness (QED) is 0.735. The van der Waals surface area contributed by atoms with Crippen LogP contribution in [0.25, 0.3) is 0 Å². The number of amides is 2. The van der Waals surface area contributed by atoms with E-state index in [0.29, 0.717) is 43.5 Å². The highest BCUT2D eigenvalue weighted by atomic mass is 16.3. The van der Waals surface area contributed by atoms with Crippen LogP contribution in [0.1, 0.15) is 26.5 Å². The molecule has 4 rings (SSSR count). The van der Waals surface area contributed by atoms with Gasteiger partial charge in [0.05, 0.1) is 11.8 Å². The van der Waals surface area contributed by atoms with Crippen LogP contribution in [0.3, 0.4) is 0 Å². The largest absolute Gasteiger partial charge is 0.459 e. The molecular formula is C21H21N5O3. The van der Waals surface area contributed by atoms with E-state index in [1.54, 1.807) is 21.9 Å². The minimum Gasteiger partial charge on any atom is -0.459 e. The van der Waals surface area contributed by atoms with Crippen molar-refractivity contribution >= 4 is 23.5 Å². The van der Waals surface area contributed by atoms with Crippen molar-refractivity contribution < 1.29 is 14.0 Å². The molecular weight excluding hydrogens is 370 g/mol. The second kappa shape index (κ2) is 8.14. The van der Waals surface area contributed by atoms with E-state index in [4.69, 9.17) is 4.42 Å². The van der Waals surface area contributed by atoms with Gasteiger partial charge in [0.25, 0.3) is 11.8 Å². The van der Waals surface area contributed by atoms with Crippen molar-refractivity contribution in [3.05, 3.63) is 71.9 Å². The van der Waals surface area contributed by atoms with Gasteiger partial charge >= 0.3 is 0 Å². The van der Waals surface area contributed by atoms with E-state index in [-0.39, 0.29) is 11.8 Å². The van der Waals surface area contributed by atoms with Crippen molar-refractivity contribution in [1.82, 2.24) is 19.8 Å². The Hall–Kier alpha value is -3.68. The molecule has 8 nitrogen and oxygen atoms in total. The van der Waals surface area contributed by atoms with Gasteiger partial charge in [0.2, 0.25) is 5.95 Å². The highest BCUT2D eigenvalue weighted by Crippen LogP contribution is 2.15. The Morgan fingerprint density at radius 2 is 1.55 bits per heavy atom. The molecule has 1 fully saturated rings. The number of nitrogens with zero attached hydrogens (tertiary/aromatic N) is 4. The first kappa shape index (κ1) is 18.7. The molecule has 0 bridgehead atoms. The molecule has 1 aliphatic rings. The SMILES string of the molecule is Cc1ccc(Nc2ncc(C(=O)N3CCN(C(=O)c4ccco4)CC3)cn2)cc1. The second-order valence-electron chi connectivity index (χ2n) is 6.85. The van der Waals surface area contributed by atoms with Gasteiger partial charge in [0.1, 0.15) is 0 Å². The Kier molecular flexibility index (Phi) is 5.24. The highest BCUT2D eigenvalue weighted by molar-refractivity contribution is 5.94. The standard InChI is InChI=1S/C21H21N5O3/c1-15-4-6-17(7-5-15)24-21-22-13-16(14-23-21)19(27)25-8-10-26(11-9-25)20(28)18-3-2-12-29-18/h2-7,12-14H,8-11H2,1H3,(H,22,23,24). The predicted molar refractivity (Wildman–Crippen MR) is 107 cm³/mol. The summed E-state index contributed by atoms with van der Waals surface area (Å²) in [6.07, 6.45) is 4.52. The third-order valence-electron chi connectivity index (χ3n) is 4.79. The lowest BCUT2D eigenvalue weighted by molar-refractivity contribution is 0.0517. The molecule has 0 aliphatic carbocycles. The number of piperazine rings is 1. The van der Waals surface area contributed by atoms with Crippen LogP contribution in [0.4, 0.5) is 11.6 Å². The lowest BCUT2D eigenvalue weighted by atomic mass is 10.2. The molecule has 1 aliphatic heterocycles. The maximum atomic E-state index is 12.7. The molecule has 2 aromatic heterocycles. The summed E-state index contributed by atoms with van der Waals surface area (Å²) in [5, 5.41) is 3.11. The molecule has 8 heteroatoms. The zero-order chi connectivity index (χ0) is 20.2. The molecule has 3 aromatic rings. The van der Waals surface area contributed by atoms with Gasteiger partial charge in [-0.1, -0.05) is 17.7 Å². The monoisotopic (exact) mass is 391 g/mol. The lowest BCUT2D eigenvalue weighted by Crippen LogP contribution is -2.50. The molecule has 148 valence electrons. The van der Waals surface area contributed by atoms with Crippen molar-refractivity contribution in [2.45, 2.75) is 6.92 Å². The zero-order valence-corrected chi connectivity index (χ0v) is 16.0. The van der Waals surface area contributed by atoms with Crippen LogP contribution in [0.15, 0.2) is 59.5 Å². The average molecular weight is 391 g/mol. The molecule has 29 heavy (non-hydrogen) atoms. The van der Waals surface area contributed by atoms with Crippen LogP contribution >= 0.6 is 0 Å². The molecule has 0 unspecified atom stereocenters. The number of carbonyl (C=O) groups is 2. The Bertz CT molecular complexity index is 976. The van der Waals surface area contributed by atoms with Gasteiger partial charge in [-0.25, -0.2) is 9.97 Å². The number of nitrogens with one attached hydrogen (secondary N) is 1. The van der Waals surface area contributed by atoms with E-state index in [2.05, 4.69) is 15.3 Å². The van der Waals surface area contributed by atoms with Crippen LogP contribution in [-0.2, 0) is 0 Å². The number of aryl methyl sites for hydroxylation is 1. The smallest absolute Gasteiger partial charge is 0.289 e. The predicted octanol–water partition coefficient (Wildman–Crippen LogP) is 2.72. The summed E-state index contributed by atoms with van der Waals surface area (Å²) >= 11 is 0. The summed E-state index contributed by atoms with van der Waals surface area (Å²) in [5.41, 5.74) is 2.47. The minimum atomic E-state index is -0.156. The molecule has 2 amide bonds. The van der Waals surface area contributed by atoms with Gasteiger partial charge in [-0.15, -0.1) is 0 Å². The maximum absolute atomic E-state index is 12.7. The van der Waals surface area contributed by atoms with Crippen molar-refractivity contribution in [2.24, 2.45) is 0 Å². The fourth-order valence-corrected chi connectivity index (χ4v) is 3.12. The lowest BCUT2D eigenvalue weighted by Gasteiger charge is -2.34. The average Bonchev–Trinajstić information content (AvgIpc) is 3.30. The number of carbonyl (C=O) groups excluding carboxylic acids is 2. The number of aromatic nitrogens is 2. The first-order valence-corrected chi connectivity index (χ1v) is 9.38. The van der Waals surface area contributed by atoms with E-state index < -0.39 is 0 Å². The van der Waals surface area contributed by atoms with Crippen molar-refractivity contribution in [2.75, 3.05) is 31.5 Å². The first-order valence-electron chi connectivity index (χ1n) is 9.38. The van der Waals surface area contributed by atoms with Crippen LogP contribution in [0.2, 0.25) is 0 Å². The Balaban J connectivity index is 1.34. The van der Waals surface area contributed by atoms with Crippen molar-refractivity contribution in [3.8, 4) is 0 Å². The van der Waals surface area contributed by atoms with Crippen LogP contribution < -0.4 is 5.32 Å². The van der Waals surface area contributed by atoms with Gasteiger partial charge in [0.15, 0.2) is 5.76 Å². The van der Waals surface area contributed by atoms with Gasteiger partial charge in [-0.3, -0.25) is 9.59 Å². The third-order valence-corrected chi connectivity index (χ3v) is 4.79. The second-order valence-corrected chi connectivity index (χ2v) is 6.85. The van der Waals surface area contributed by atoms with Crippen molar-refractivity contribution in [3.63, 3.8) is 0 Å². The van der Waals surface area contributed by atoms with Crippen LogP contribution in [-0.4, -0.2) is 57.8 Å². The summed E-state index contributed by atoms with van der Waals surface area (Å²) < 4.78 is 5.16.